The number of nitriles is 1. The number of nitrogens with zero attached hydrogens (tertiary/aromatic N) is 3. The Labute approximate surface area is 150 Å². The van der Waals surface area contributed by atoms with Crippen LogP contribution in [0.4, 0.5) is 0 Å². The number of ether oxygens (including phenoxy) is 1. The van der Waals surface area contributed by atoms with Crippen LogP contribution in [0.2, 0.25) is 0 Å². The monoisotopic (exact) mass is 359 g/mol. The largest absolute Gasteiger partial charge is 0.447 e. The first-order valence-corrected chi connectivity index (χ1v) is 9.12. The van der Waals surface area contributed by atoms with Gasteiger partial charge in [0.1, 0.15) is 6.07 Å². The van der Waals surface area contributed by atoms with Crippen LogP contribution in [0.1, 0.15) is 27.2 Å². The van der Waals surface area contributed by atoms with Crippen LogP contribution in [0.5, 0.6) is 0 Å². The molecule has 1 heterocycles. The highest BCUT2D eigenvalue weighted by Gasteiger charge is 2.15. The number of hydrogen-bond acceptors (Lipinski definition) is 6. The van der Waals surface area contributed by atoms with Crippen molar-refractivity contribution in [2.24, 2.45) is 5.92 Å². The number of fused-ring (bicyclic) bond motifs is 1. The van der Waals surface area contributed by atoms with Gasteiger partial charge in [0, 0.05) is 6.54 Å². The molecule has 0 saturated carbocycles. The zero-order chi connectivity index (χ0) is 18.4. The fourth-order valence-electron chi connectivity index (χ4n) is 2.22. The van der Waals surface area contributed by atoms with E-state index < -0.39 is 12.1 Å². The van der Waals surface area contributed by atoms with Crippen molar-refractivity contribution >= 4 is 28.6 Å². The van der Waals surface area contributed by atoms with E-state index in [0.717, 1.165) is 18.2 Å². The van der Waals surface area contributed by atoms with Gasteiger partial charge in [0.15, 0.2) is 11.3 Å². The van der Waals surface area contributed by atoms with Gasteiger partial charge < -0.3 is 4.74 Å². The molecule has 0 aliphatic rings. The fraction of sp³-hybridized carbons (Fsp3) is 0.444. The molecule has 6 nitrogen and oxygen atoms in total. The van der Waals surface area contributed by atoms with Gasteiger partial charge in [-0.1, -0.05) is 37.7 Å². The lowest BCUT2D eigenvalue weighted by Gasteiger charge is -2.14. The molecule has 0 aliphatic carbocycles. The number of aromatic nitrogens is 2. The number of benzene rings is 1. The third kappa shape index (κ3) is 5.07. The summed E-state index contributed by atoms with van der Waals surface area (Å²) < 4.78 is 6.56. The second-order valence-corrected chi connectivity index (χ2v) is 7.04. The van der Waals surface area contributed by atoms with Crippen LogP contribution in [0.25, 0.3) is 10.9 Å². The van der Waals surface area contributed by atoms with E-state index in [2.05, 4.69) is 18.8 Å². The van der Waals surface area contributed by atoms with Crippen LogP contribution in [0, 0.1) is 17.2 Å². The van der Waals surface area contributed by atoms with Crippen molar-refractivity contribution in [3.8, 4) is 6.07 Å². The molecule has 0 bridgehead atoms. The number of carbonyl (C=O) groups is 1. The highest BCUT2D eigenvalue weighted by Crippen LogP contribution is 2.19. The summed E-state index contributed by atoms with van der Waals surface area (Å²) in [4.78, 5) is 29.1. The predicted octanol–water partition coefficient (Wildman–Crippen LogP) is 2.99. The smallest absolute Gasteiger partial charge is 0.317 e. The minimum Gasteiger partial charge on any atom is -0.447 e. The minimum atomic E-state index is -0.791. The number of thioether (sulfide) groups is 1. The highest BCUT2D eigenvalue weighted by molar-refractivity contribution is 7.99. The van der Waals surface area contributed by atoms with Gasteiger partial charge in [0.2, 0.25) is 0 Å². The van der Waals surface area contributed by atoms with Gasteiger partial charge in [0.25, 0.3) is 5.56 Å². The molecule has 0 saturated heterocycles. The fourth-order valence-corrected chi connectivity index (χ4v) is 3.03. The summed E-state index contributed by atoms with van der Waals surface area (Å²) in [5, 5.41) is 9.76. The van der Waals surface area contributed by atoms with Gasteiger partial charge in [-0.05, 0) is 31.4 Å². The Morgan fingerprint density at radius 1 is 1.36 bits per heavy atom. The van der Waals surface area contributed by atoms with E-state index in [1.165, 1.54) is 6.92 Å². The average molecular weight is 359 g/mol. The molecule has 132 valence electrons. The molecule has 2 rings (SSSR count). The van der Waals surface area contributed by atoms with E-state index in [1.54, 1.807) is 16.7 Å². The first-order chi connectivity index (χ1) is 11.9. The molecule has 1 atom stereocenters. The topological polar surface area (TPSA) is 85.0 Å². The van der Waals surface area contributed by atoms with Crippen LogP contribution in [-0.2, 0) is 16.1 Å². The van der Waals surface area contributed by atoms with Gasteiger partial charge >= 0.3 is 5.97 Å². The molecule has 1 aromatic carbocycles. The van der Waals surface area contributed by atoms with E-state index in [-0.39, 0.29) is 11.3 Å². The average Bonchev–Trinajstić information content (AvgIpc) is 2.59. The van der Waals surface area contributed by atoms with Crippen molar-refractivity contribution in [2.45, 2.75) is 45.0 Å². The standard InChI is InChI=1S/C18H21N3O3S/c1-12(2)8-9-21-17(23)14-6-4-5-7-15(14)20-18(21)25-11-16(22)24-13(3)10-19/h4-7,12-13H,8-9,11H2,1-3H3/t13-/m0/s1. The second-order valence-electron chi connectivity index (χ2n) is 6.10. The van der Waals surface area contributed by atoms with E-state index in [0.29, 0.717) is 28.5 Å². The van der Waals surface area contributed by atoms with Gasteiger partial charge in [-0.3, -0.25) is 14.2 Å². The Morgan fingerprint density at radius 2 is 2.08 bits per heavy atom. The van der Waals surface area contributed by atoms with Crippen LogP contribution in [0.15, 0.2) is 34.2 Å². The molecule has 0 spiro atoms. The molecule has 0 aliphatic heterocycles. The summed E-state index contributed by atoms with van der Waals surface area (Å²) in [5.41, 5.74) is 0.502. The van der Waals surface area contributed by atoms with Gasteiger partial charge in [0.05, 0.1) is 16.7 Å². The predicted molar refractivity (Wildman–Crippen MR) is 97.3 cm³/mol. The van der Waals surface area contributed by atoms with Gasteiger partial charge in [-0.25, -0.2) is 4.98 Å². The molecule has 7 heteroatoms. The second kappa shape index (κ2) is 8.67. The summed E-state index contributed by atoms with van der Waals surface area (Å²) in [7, 11) is 0. The van der Waals surface area contributed by atoms with Crippen molar-refractivity contribution in [2.75, 3.05) is 5.75 Å². The van der Waals surface area contributed by atoms with Crippen molar-refractivity contribution in [3.05, 3.63) is 34.6 Å². The Morgan fingerprint density at radius 3 is 2.76 bits per heavy atom. The Kier molecular flexibility index (Phi) is 6.59. The summed E-state index contributed by atoms with van der Waals surface area (Å²) >= 11 is 1.16. The highest BCUT2D eigenvalue weighted by atomic mass is 32.2. The molecular formula is C18H21N3O3S. The molecule has 0 unspecified atom stereocenters. The third-order valence-corrected chi connectivity index (χ3v) is 4.52. The maximum atomic E-state index is 12.8. The summed E-state index contributed by atoms with van der Waals surface area (Å²) in [6, 6.07) is 9.02. The van der Waals surface area contributed by atoms with Crippen molar-refractivity contribution in [1.29, 1.82) is 5.26 Å². The number of para-hydroxylation sites is 1. The molecule has 25 heavy (non-hydrogen) atoms. The van der Waals surface area contributed by atoms with Gasteiger partial charge in [-0.2, -0.15) is 5.26 Å². The van der Waals surface area contributed by atoms with E-state index >= 15 is 0 Å². The van der Waals surface area contributed by atoms with Crippen molar-refractivity contribution in [3.63, 3.8) is 0 Å². The Hall–Kier alpha value is -2.33. The van der Waals surface area contributed by atoms with Crippen molar-refractivity contribution < 1.29 is 9.53 Å². The van der Waals surface area contributed by atoms with E-state index in [4.69, 9.17) is 10.00 Å². The number of hydrogen-bond donors (Lipinski definition) is 0. The van der Waals surface area contributed by atoms with Crippen LogP contribution < -0.4 is 5.56 Å². The summed E-state index contributed by atoms with van der Waals surface area (Å²) in [6.45, 7) is 6.23. The Balaban J connectivity index is 2.29. The van der Waals surface area contributed by atoms with Gasteiger partial charge in [-0.15, -0.1) is 0 Å². The van der Waals surface area contributed by atoms with E-state index in [9.17, 15) is 9.59 Å². The summed E-state index contributed by atoms with van der Waals surface area (Å²) in [5.74, 6) is -0.0621. The number of carbonyl (C=O) groups excluding carboxylic acids is 1. The maximum Gasteiger partial charge on any atom is 0.317 e. The van der Waals surface area contributed by atoms with Crippen LogP contribution >= 0.6 is 11.8 Å². The lowest BCUT2D eigenvalue weighted by atomic mass is 10.1. The number of esters is 1. The third-order valence-electron chi connectivity index (χ3n) is 3.57. The molecule has 0 radical (unpaired) electrons. The molecule has 1 aromatic heterocycles. The normalized spacial score (nSPS) is 12.1. The minimum absolute atomic E-state index is 0.00151. The molecule has 0 amide bonds. The van der Waals surface area contributed by atoms with Crippen LogP contribution in [0.3, 0.4) is 0 Å². The maximum absolute atomic E-state index is 12.8. The first kappa shape index (κ1) is 19.0. The zero-order valence-electron chi connectivity index (χ0n) is 14.6. The molecule has 0 fully saturated rings. The van der Waals surface area contributed by atoms with Crippen LogP contribution in [-0.4, -0.2) is 27.4 Å². The van der Waals surface area contributed by atoms with E-state index in [1.807, 2.05) is 18.2 Å². The SMILES string of the molecule is CC(C)CCn1c(SCC(=O)O[C@@H](C)C#N)nc2ccccc2c1=O. The Bertz CT molecular complexity index is 855. The molecule has 2 aromatic rings. The molecule has 0 N–H and O–H groups in total. The molecular weight excluding hydrogens is 338 g/mol. The number of rotatable bonds is 7. The van der Waals surface area contributed by atoms with Crippen molar-refractivity contribution in [1.82, 2.24) is 9.55 Å². The lowest BCUT2D eigenvalue weighted by Crippen LogP contribution is -2.25. The quantitative estimate of drug-likeness (QED) is 0.429. The zero-order valence-corrected chi connectivity index (χ0v) is 15.4. The first-order valence-electron chi connectivity index (χ1n) is 8.14. The summed E-state index contributed by atoms with van der Waals surface area (Å²) in [6.07, 6.45) is 0.0458. The lowest BCUT2D eigenvalue weighted by molar-refractivity contribution is -0.142.